The van der Waals surface area contributed by atoms with Gasteiger partial charge in [-0.25, -0.2) is 4.68 Å². The molecule has 0 radical (unpaired) electrons. The molecular weight excluding hydrogens is 279 g/mol. The van der Waals surface area contributed by atoms with Crippen molar-refractivity contribution in [2.45, 2.75) is 12.8 Å². The Morgan fingerprint density at radius 3 is 2.55 bits per heavy atom. The van der Waals surface area contributed by atoms with Crippen LogP contribution in [0.1, 0.15) is 11.3 Å². The maximum Gasteiger partial charge on any atom is 0.435 e. The zero-order valence-corrected chi connectivity index (χ0v) is 9.83. The van der Waals surface area contributed by atoms with E-state index in [0.29, 0.717) is 0 Å². The van der Waals surface area contributed by atoms with Crippen LogP contribution in [0.3, 0.4) is 0 Å². The quantitative estimate of drug-likeness (QED) is 0.693. The van der Waals surface area contributed by atoms with Crippen LogP contribution in [0, 0.1) is 10.1 Å². The van der Waals surface area contributed by atoms with Crippen LogP contribution in [0.2, 0.25) is 0 Å². The molecule has 9 heteroatoms. The number of benzene rings is 1. The first-order valence-corrected chi connectivity index (χ1v) is 5.34. The van der Waals surface area contributed by atoms with E-state index in [-0.39, 0.29) is 16.9 Å². The van der Waals surface area contributed by atoms with Crippen LogP contribution < -0.4 is 0 Å². The van der Waals surface area contributed by atoms with E-state index in [2.05, 4.69) is 5.10 Å². The third-order valence-corrected chi connectivity index (χ3v) is 2.57. The average Bonchev–Trinajstić information content (AvgIpc) is 2.87. The van der Waals surface area contributed by atoms with Gasteiger partial charge in [0.25, 0.3) is 5.69 Å². The molecule has 0 fully saturated rings. The number of aromatic nitrogens is 2. The summed E-state index contributed by atoms with van der Waals surface area (Å²) in [5, 5.41) is 23.1. The maximum atomic E-state index is 12.5. The summed E-state index contributed by atoms with van der Waals surface area (Å²) < 4.78 is 38.3. The van der Waals surface area contributed by atoms with Gasteiger partial charge in [0.1, 0.15) is 0 Å². The van der Waals surface area contributed by atoms with Gasteiger partial charge in [-0.05, 0) is 12.1 Å². The van der Waals surface area contributed by atoms with Crippen LogP contribution >= 0.6 is 0 Å². The van der Waals surface area contributed by atoms with Gasteiger partial charge >= 0.3 is 6.18 Å². The van der Waals surface area contributed by atoms with E-state index in [0.717, 1.165) is 29.1 Å². The second kappa shape index (κ2) is 4.93. The summed E-state index contributed by atoms with van der Waals surface area (Å²) in [4.78, 5) is 9.95. The molecular formula is C11H8F3N3O3. The zero-order chi connectivity index (χ0) is 14.9. The van der Waals surface area contributed by atoms with E-state index in [1.54, 1.807) is 0 Å². The fourth-order valence-electron chi connectivity index (χ4n) is 1.64. The summed E-state index contributed by atoms with van der Waals surface area (Å²) >= 11 is 0. The summed E-state index contributed by atoms with van der Waals surface area (Å²) in [5.41, 5.74) is -1.09. The molecule has 0 aliphatic heterocycles. The van der Waals surface area contributed by atoms with Crippen molar-refractivity contribution in [3.63, 3.8) is 0 Å². The summed E-state index contributed by atoms with van der Waals surface area (Å²) in [7, 11) is 0. The van der Waals surface area contributed by atoms with Crippen molar-refractivity contribution in [1.29, 1.82) is 0 Å². The number of nitro benzene ring substituents is 1. The van der Waals surface area contributed by atoms with Gasteiger partial charge < -0.3 is 5.11 Å². The third kappa shape index (κ3) is 2.62. The third-order valence-electron chi connectivity index (χ3n) is 2.57. The number of aliphatic hydroxyl groups excluding tert-OH is 1. The molecule has 0 saturated carbocycles. The van der Waals surface area contributed by atoms with Gasteiger partial charge in [0.05, 0.1) is 17.2 Å². The minimum Gasteiger partial charge on any atom is -0.392 e. The normalized spacial score (nSPS) is 11.6. The van der Waals surface area contributed by atoms with Crippen LogP contribution in [0.25, 0.3) is 5.69 Å². The molecule has 6 nitrogen and oxygen atoms in total. The first-order chi connectivity index (χ1) is 9.32. The van der Waals surface area contributed by atoms with Gasteiger partial charge in [0.2, 0.25) is 0 Å². The number of non-ortho nitro benzene ring substituents is 1. The van der Waals surface area contributed by atoms with E-state index in [1.807, 2.05) is 0 Å². The predicted octanol–water partition coefficient (Wildman–Crippen LogP) is 2.29. The molecule has 20 heavy (non-hydrogen) atoms. The minimum absolute atomic E-state index is 0.107. The number of nitro groups is 1. The van der Waals surface area contributed by atoms with E-state index in [4.69, 9.17) is 5.11 Å². The molecule has 0 amide bonds. The minimum atomic E-state index is -4.58. The van der Waals surface area contributed by atoms with Gasteiger partial charge in [-0.15, -0.1) is 0 Å². The molecule has 0 aliphatic rings. The first-order valence-electron chi connectivity index (χ1n) is 5.34. The van der Waals surface area contributed by atoms with Gasteiger partial charge in [-0.3, -0.25) is 10.1 Å². The lowest BCUT2D eigenvalue weighted by Gasteiger charge is -2.07. The fraction of sp³-hybridized carbons (Fsp3) is 0.182. The van der Waals surface area contributed by atoms with E-state index in [1.165, 1.54) is 6.07 Å². The van der Waals surface area contributed by atoms with Crippen LogP contribution in [-0.4, -0.2) is 19.8 Å². The summed E-state index contributed by atoms with van der Waals surface area (Å²) in [6.07, 6.45) is -3.51. The van der Waals surface area contributed by atoms with Crippen molar-refractivity contribution in [1.82, 2.24) is 9.78 Å². The van der Waals surface area contributed by atoms with Crippen LogP contribution in [0.4, 0.5) is 18.9 Å². The van der Waals surface area contributed by atoms with Crippen molar-refractivity contribution < 1.29 is 23.2 Å². The standard InChI is InChI=1S/C11H8F3N3O3/c12-11(13,14)10-3-4-16(15-10)9-2-1-8(17(19)20)5-7(9)6-18/h1-5,18H,6H2. The summed E-state index contributed by atoms with van der Waals surface area (Å²) in [6.45, 7) is -0.557. The Hall–Kier alpha value is -2.42. The second-order valence-corrected chi connectivity index (χ2v) is 3.87. The lowest BCUT2D eigenvalue weighted by Crippen LogP contribution is -2.08. The molecule has 0 unspecified atom stereocenters. The number of hydrogen-bond acceptors (Lipinski definition) is 4. The second-order valence-electron chi connectivity index (χ2n) is 3.87. The lowest BCUT2D eigenvalue weighted by atomic mass is 10.1. The highest BCUT2D eigenvalue weighted by Gasteiger charge is 2.33. The number of aliphatic hydroxyl groups is 1. The first kappa shape index (κ1) is 14.0. The fourth-order valence-corrected chi connectivity index (χ4v) is 1.64. The molecule has 106 valence electrons. The Morgan fingerprint density at radius 1 is 1.35 bits per heavy atom. The number of rotatable bonds is 3. The van der Waals surface area contributed by atoms with Crippen molar-refractivity contribution >= 4 is 5.69 Å². The summed E-state index contributed by atoms with van der Waals surface area (Å²) in [5.74, 6) is 0. The van der Waals surface area contributed by atoms with Gasteiger partial charge in [0.15, 0.2) is 5.69 Å². The molecule has 2 rings (SSSR count). The maximum absolute atomic E-state index is 12.5. The predicted molar refractivity (Wildman–Crippen MR) is 61.1 cm³/mol. The number of halogens is 3. The molecule has 0 bridgehead atoms. The van der Waals surface area contributed by atoms with Gasteiger partial charge in [0, 0.05) is 23.9 Å². The number of hydrogen-bond donors (Lipinski definition) is 1. The molecule has 0 saturated heterocycles. The van der Waals surface area contributed by atoms with Crippen LogP contribution in [0.15, 0.2) is 30.5 Å². The largest absolute Gasteiger partial charge is 0.435 e. The van der Waals surface area contributed by atoms with Crippen LogP contribution in [0.5, 0.6) is 0 Å². The topological polar surface area (TPSA) is 81.2 Å². The molecule has 1 aromatic heterocycles. The van der Waals surface area contributed by atoms with Crippen molar-refractivity contribution in [2.24, 2.45) is 0 Å². The average molecular weight is 287 g/mol. The molecule has 1 heterocycles. The number of nitrogens with zero attached hydrogens (tertiary/aromatic N) is 3. The number of alkyl halides is 3. The van der Waals surface area contributed by atoms with E-state index < -0.39 is 23.4 Å². The highest BCUT2D eigenvalue weighted by molar-refractivity contribution is 5.47. The van der Waals surface area contributed by atoms with Crippen molar-refractivity contribution in [2.75, 3.05) is 0 Å². The molecule has 0 aliphatic carbocycles. The van der Waals surface area contributed by atoms with Crippen LogP contribution in [-0.2, 0) is 12.8 Å². The van der Waals surface area contributed by atoms with Crippen molar-refractivity contribution in [3.05, 3.63) is 51.8 Å². The Balaban J connectivity index is 2.47. The smallest absolute Gasteiger partial charge is 0.392 e. The lowest BCUT2D eigenvalue weighted by molar-refractivity contribution is -0.384. The monoisotopic (exact) mass is 287 g/mol. The SMILES string of the molecule is O=[N+]([O-])c1ccc(-n2ccc(C(F)(F)F)n2)c(CO)c1. The van der Waals surface area contributed by atoms with Gasteiger partial charge in [-0.2, -0.15) is 18.3 Å². The Morgan fingerprint density at radius 2 is 2.05 bits per heavy atom. The Bertz CT molecular complexity index is 652. The highest BCUT2D eigenvalue weighted by Crippen LogP contribution is 2.28. The van der Waals surface area contributed by atoms with Crippen molar-refractivity contribution in [3.8, 4) is 5.69 Å². The molecule has 0 atom stereocenters. The highest BCUT2D eigenvalue weighted by atomic mass is 19.4. The molecule has 2 aromatic rings. The molecule has 1 N–H and O–H groups in total. The van der Waals surface area contributed by atoms with Gasteiger partial charge in [-0.1, -0.05) is 0 Å². The van der Waals surface area contributed by atoms with E-state index >= 15 is 0 Å². The molecule has 1 aromatic carbocycles. The summed E-state index contributed by atoms with van der Waals surface area (Å²) in [6, 6.07) is 4.23. The van der Waals surface area contributed by atoms with E-state index in [9.17, 15) is 23.3 Å². The molecule has 0 spiro atoms. The Labute approximate surface area is 110 Å². The Kier molecular flexibility index (Phi) is 3.45. The zero-order valence-electron chi connectivity index (χ0n) is 9.83.